The highest BCUT2D eigenvalue weighted by atomic mass is 31.2. The Morgan fingerprint density at radius 3 is 1.54 bits per heavy atom. The molecule has 0 aromatic heterocycles. The number of nitrogens with two attached hydrogens (primary N) is 1. The Bertz CT molecular complexity index is 989. The van der Waals surface area contributed by atoms with E-state index in [-0.39, 0.29) is 19.4 Å². The monoisotopic (exact) mass is 760 g/mol. The van der Waals surface area contributed by atoms with E-state index in [2.05, 4.69) is 42.7 Å². The van der Waals surface area contributed by atoms with Crippen LogP contribution in [0.5, 0.6) is 0 Å². The Hall–Kier alpha value is -2.04. The van der Waals surface area contributed by atoms with Gasteiger partial charge in [-0.15, -0.1) is 0 Å². The summed E-state index contributed by atoms with van der Waals surface area (Å²) >= 11 is 0. The van der Waals surface area contributed by atoms with Crippen molar-refractivity contribution in [3.63, 3.8) is 0 Å². The molecule has 0 bridgehead atoms. The predicted octanol–water partition coefficient (Wildman–Crippen LogP) is 10.3. The van der Waals surface area contributed by atoms with Gasteiger partial charge in [-0.1, -0.05) is 147 Å². The van der Waals surface area contributed by atoms with Crippen LogP contribution in [-0.4, -0.2) is 59.9 Å². The van der Waals surface area contributed by atoms with Gasteiger partial charge in [0.2, 0.25) is 0 Å². The molecule has 0 aliphatic carbocycles. The van der Waals surface area contributed by atoms with Gasteiger partial charge in [-0.05, 0) is 44.9 Å². The van der Waals surface area contributed by atoms with Crippen molar-refractivity contribution < 1.29 is 47.5 Å². The normalized spacial score (nSPS) is 14.1. The van der Waals surface area contributed by atoms with Crippen LogP contribution in [0.3, 0.4) is 0 Å². The molecule has 0 radical (unpaired) electrons. The quantitative estimate of drug-likeness (QED) is 0.0237. The number of hydrogen-bond donors (Lipinski definition) is 3. The summed E-state index contributed by atoms with van der Waals surface area (Å²) in [6, 6.07) is -1.52. The van der Waals surface area contributed by atoms with Gasteiger partial charge in [-0.3, -0.25) is 23.4 Å². The maximum atomic E-state index is 12.6. The smallest absolute Gasteiger partial charge is 0.472 e. The van der Waals surface area contributed by atoms with E-state index in [0.717, 1.165) is 64.2 Å². The van der Waals surface area contributed by atoms with E-state index in [1.54, 1.807) is 0 Å². The van der Waals surface area contributed by atoms with Crippen LogP contribution < -0.4 is 5.73 Å². The SMILES string of the molecule is CCCCC/C=C\C/C=C\CCCCCCCC(=O)OC[C@H](COP(=O)(O)OC[C@H](N)C(=O)O)OC(=O)CCCCCCCCCCCCCCC. The highest BCUT2D eigenvalue weighted by Gasteiger charge is 2.28. The molecule has 0 rings (SSSR count). The van der Waals surface area contributed by atoms with Crippen LogP contribution in [0.25, 0.3) is 0 Å². The van der Waals surface area contributed by atoms with E-state index in [4.69, 9.17) is 24.8 Å². The van der Waals surface area contributed by atoms with Gasteiger partial charge < -0.3 is 25.2 Å². The molecule has 1 unspecified atom stereocenters. The minimum atomic E-state index is -4.71. The van der Waals surface area contributed by atoms with Gasteiger partial charge in [0, 0.05) is 12.8 Å². The van der Waals surface area contributed by atoms with E-state index in [0.29, 0.717) is 12.8 Å². The van der Waals surface area contributed by atoms with E-state index < -0.39 is 51.1 Å². The van der Waals surface area contributed by atoms with Crippen molar-refractivity contribution in [3.05, 3.63) is 24.3 Å². The molecule has 0 amide bonds. The minimum Gasteiger partial charge on any atom is -0.480 e. The van der Waals surface area contributed by atoms with Crippen molar-refractivity contribution in [3.8, 4) is 0 Å². The fraction of sp³-hybridized carbons (Fsp3) is 0.825. The molecule has 0 fully saturated rings. The Balaban J connectivity index is 4.41. The second-order valence-electron chi connectivity index (χ2n) is 13.8. The third kappa shape index (κ3) is 35.0. The first-order chi connectivity index (χ1) is 25.1. The first-order valence-corrected chi connectivity index (χ1v) is 21.9. The lowest BCUT2D eigenvalue weighted by Gasteiger charge is -2.20. The van der Waals surface area contributed by atoms with Crippen molar-refractivity contribution in [2.24, 2.45) is 5.73 Å². The number of aliphatic carboxylic acids is 1. The fourth-order valence-electron chi connectivity index (χ4n) is 5.45. The molecular weight excluding hydrogens is 685 g/mol. The zero-order valence-electron chi connectivity index (χ0n) is 32.7. The lowest BCUT2D eigenvalue weighted by atomic mass is 10.0. The standard InChI is InChI=1S/C40H74NO10P/c1-3-5-7-9-11-13-15-17-18-20-21-23-25-27-29-31-38(42)48-33-36(34-49-52(46,47)50-35-37(41)40(44)45)51-39(43)32-30-28-26-24-22-19-16-14-12-10-8-6-4-2/h11,13,17-18,36-37H,3-10,12,14-16,19-35,41H2,1-2H3,(H,44,45)(H,46,47)/b13-11-,18-17-/t36-,37+/m1/s1. The maximum absolute atomic E-state index is 12.6. The van der Waals surface area contributed by atoms with E-state index in [9.17, 15) is 23.8 Å². The Morgan fingerprint density at radius 2 is 1.02 bits per heavy atom. The Kier molecular flexibility index (Phi) is 34.6. The third-order valence-corrected chi connectivity index (χ3v) is 9.65. The lowest BCUT2D eigenvalue weighted by Crippen LogP contribution is -2.34. The van der Waals surface area contributed by atoms with Gasteiger partial charge >= 0.3 is 25.7 Å². The molecular formula is C40H74NO10P. The number of carboxylic acids is 1. The van der Waals surface area contributed by atoms with Gasteiger partial charge in [0.25, 0.3) is 0 Å². The van der Waals surface area contributed by atoms with E-state index >= 15 is 0 Å². The first-order valence-electron chi connectivity index (χ1n) is 20.4. The van der Waals surface area contributed by atoms with Crippen molar-refractivity contribution >= 4 is 25.7 Å². The van der Waals surface area contributed by atoms with Gasteiger partial charge in [-0.25, -0.2) is 4.57 Å². The van der Waals surface area contributed by atoms with Gasteiger partial charge in [0.05, 0.1) is 13.2 Å². The minimum absolute atomic E-state index is 0.162. The van der Waals surface area contributed by atoms with Crippen LogP contribution in [0.4, 0.5) is 0 Å². The number of unbranched alkanes of at least 4 members (excludes halogenated alkanes) is 20. The predicted molar refractivity (Wildman–Crippen MR) is 208 cm³/mol. The average molecular weight is 760 g/mol. The molecule has 0 aromatic rings. The van der Waals surface area contributed by atoms with Crippen LogP contribution in [0.1, 0.15) is 181 Å². The van der Waals surface area contributed by atoms with Crippen molar-refractivity contribution in [2.45, 2.75) is 193 Å². The highest BCUT2D eigenvalue weighted by Crippen LogP contribution is 2.43. The van der Waals surface area contributed by atoms with Crippen molar-refractivity contribution in [2.75, 3.05) is 19.8 Å². The Morgan fingerprint density at radius 1 is 0.596 bits per heavy atom. The number of carbonyl (C=O) groups excluding carboxylic acids is 2. The number of allylic oxidation sites excluding steroid dienone is 4. The first kappa shape index (κ1) is 50.0. The van der Waals surface area contributed by atoms with Crippen LogP contribution in [0.15, 0.2) is 24.3 Å². The van der Waals surface area contributed by atoms with E-state index in [1.165, 1.54) is 77.0 Å². The van der Waals surface area contributed by atoms with Gasteiger partial charge in [0.1, 0.15) is 12.6 Å². The molecule has 0 spiro atoms. The molecule has 0 aliphatic rings. The second kappa shape index (κ2) is 36.0. The summed E-state index contributed by atoms with van der Waals surface area (Å²) in [6.45, 7) is 2.76. The molecule has 3 atom stereocenters. The highest BCUT2D eigenvalue weighted by molar-refractivity contribution is 7.47. The molecule has 0 aliphatic heterocycles. The summed E-state index contributed by atoms with van der Waals surface area (Å²) in [6.07, 6.45) is 35.2. The summed E-state index contributed by atoms with van der Waals surface area (Å²) in [5.41, 5.74) is 5.32. The lowest BCUT2D eigenvalue weighted by molar-refractivity contribution is -0.161. The van der Waals surface area contributed by atoms with E-state index in [1.807, 2.05) is 0 Å². The number of hydrogen-bond acceptors (Lipinski definition) is 9. The number of ether oxygens (including phenoxy) is 2. The summed E-state index contributed by atoms with van der Waals surface area (Å²) in [7, 11) is -4.71. The van der Waals surface area contributed by atoms with Gasteiger partial charge in [0.15, 0.2) is 6.10 Å². The van der Waals surface area contributed by atoms with Crippen LogP contribution >= 0.6 is 7.82 Å². The number of phosphoric ester groups is 1. The van der Waals surface area contributed by atoms with Crippen molar-refractivity contribution in [1.82, 2.24) is 0 Å². The molecule has 304 valence electrons. The van der Waals surface area contributed by atoms with Crippen molar-refractivity contribution in [1.29, 1.82) is 0 Å². The molecule has 4 N–H and O–H groups in total. The fourth-order valence-corrected chi connectivity index (χ4v) is 6.23. The maximum Gasteiger partial charge on any atom is 0.472 e. The zero-order chi connectivity index (χ0) is 38.5. The summed E-state index contributed by atoms with van der Waals surface area (Å²) < 4.78 is 32.6. The molecule has 52 heavy (non-hydrogen) atoms. The number of carboxylic acid groups (broad SMARTS) is 1. The summed E-state index contributed by atoms with van der Waals surface area (Å²) in [4.78, 5) is 45.8. The second-order valence-corrected chi connectivity index (χ2v) is 15.2. The molecule has 0 aromatic carbocycles. The van der Waals surface area contributed by atoms with Gasteiger partial charge in [-0.2, -0.15) is 0 Å². The van der Waals surface area contributed by atoms with Crippen LogP contribution in [0, 0.1) is 0 Å². The van der Waals surface area contributed by atoms with Crippen LogP contribution in [-0.2, 0) is 37.5 Å². The molecule has 0 saturated heterocycles. The summed E-state index contributed by atoms with van der Waals surface area (Å²) in [5.74, 6) is -2.39. The number of rotatable bonds is 38. The average Bonchev–Trinajstić information content (AvgIpc) is 3.12. The number of carbonyl (C=O) groups is 3. The molecule has 12 heteroatoms. The third-order valence-electron chi connectivity index (χ3n) is 8.70. The summed E-state index contributed by atoms with van der Waals surface area (Å²) in [5, 5.41) is 8.87. The number of phosphoric acid groups is 1. The largest absolute Gasteiger partial charge is 0.480 e. The molecule has 0 saturated carbocycles. The molecule has 11 nitrogen and oxygen atoms in total. The topological polar surface area (TPSA) is 172 Å². The van der Waals surface area contributed by atoms with Crippen LogP contribution in [0.2, 0.25) is 0 Å². The number of esters is 2. The Labute approximate surface area is 315 Å². The molecule has 0 heterocycles. The zero-order valence-corrected chi connectivity index (χ0v) is 33.5.